The predicted octanol–water partition coefficient (Wildman–Crippen LogP) is 4.20. The number of nitrogens with zero attached hydrogens (tertiary/aromatic N) is 1. The Kier molecular flexibility index (Phi) is 9.74. The van der Waals surface area contributed by atoms with Crippen LogP contribution in [0, 0.1) is 5.82 Å². The molecular formula is C21H22BrClFN3O4. The van der Waals surface area contributed by atoms with Gasteiger partial charge in [0, 0.05) is 12.1 Å². The average molecular weight is 515 g/mol. The summed E-state index contributed by atoms with van der Waals surface area (Å²) in [5, 5.41) is 6.50. The Morgan fingerprint density at radius 1 is 1.23 bits per heavy atom. The van der Waals surface area contributed by atoms with Gasteiger partial charge in [-0.2, -0.15) is 5.10 Å². The zero-order valence-electron chi connectivity index (χ0n) is 17.0. The van der Waals surface area contributed by atoms with Crippen LogP contribution in [0.4, 0.5) is 4.39 Å². The summed E-state index contributed by atoms with van der Waals surface area (Å²) in [6.45, 7) is 4.35. The van der Waals surface area contributed by atoms with Gasteiger partial charge in [0.25, 0.3) is 0 Å². The topological polar surface area (TPSA) is 89.0 Å². The highest BCUT2D eigenvalue weighted by molar-refractivity contribution is 9.10. The van der Waals surface area contributed by atoms with Crippen molar-refractivity contribution >= 4 is 45.6 Å². The van der Waals surface area contributed by atoms with Crippen molar-refractivity contribution in [3.8, 4) is 11.5 Å². The number of benzene rings is 2. The van der Waals surface area contributed by atoms with Crippen LogP contribution in [0.3, 0.4) is 0 Å². The second-order valence-electron chi connectivity index (χ2n) is 6.21. The van der Waals surface area contributed by atoms with E-state index < -0.39 is 17.6 Å². The Labute approximate surface area is 193 Å². The molecule has 0 spiro atoms. The van der Waals surface area contributed by atoms with Gasteiger partial charge in [-0.05, 0) is 59.1 Å². The molecule has 2 rings (SSSR count). The summed E-state index contributed by atoms with van der Waals surface area (Å²) in [5.74, 6) is -1.34. The van der Waals surface area contributed by atoms with Crippen LogP contribution in [0.25, 0.3) is 0 Å². The van der Waals surface area contributed by atoms with Crippen LogP contribution in [0.2, 0.25) is 5.02 Å². The highest BCUT2D eigenvalue weighted by atomic mass is 79.9. The molecule has 0 radical (unpaired) electrons. The number of hydrogen-bond donors (Lipinski definition) is 2. The third-order valence-electron chi connectivity index (χ3n) is 3.88. The van der Waals surface area contributed by atoms with Gasteiger partial charge in [-0.25, -0.2) is 9.82 Å². The van der Waals surface area contributed by atoms with E-state index in [4.69, 9.17) is 21.1 Å². The van der Waals surface area contributed by atoms with Crippen molar-refractivity contribution in [1.82, 2.24) is 10.7 Å². The molecule has 2 aromatic carbocycles. The molecule has 0 aliphatic heterocycles. The van der Waals surface area contributed by atoms with Crippen molar-refractivity contribution in [2.45, 2.75) is 26.9 Å². The quantitative estimate of drug-likeness (QED) is 0.298. The van der Waals surface area contributed by atoms with Crippen LogP contribution < -0.4 is 20.2 Å². The lowest BCUT2D eigenvalue weighted by atomic mass is 10.2. The van der Waals surface area contributed by atoms with E-state index in [2.05, 4.69) is 31.8 Å². The minimum Gasteiger partial charge on any atom is -0.490 e. The van der Waals surface area contributed by atoms with Crippen molar-refractivity contribution in [3.05, 3.63) is 56.8 Å². The van der Waals surface area contributed by atoms with Gasteiger partial charge in [0.1, 0.15) is 12.4 Å². The van der Waals surface area contributed by atoms with Crippen LogP contribution in [-0.2, 0) is 16.2 Å². The first-order valence-electron chi connectivity index (χ1n) is 9.50. The Morgan fingerprint density at radius 2 is 2.00 bits per heavy atom. The Balaban J connectivity index is 2.14. The molecule has 0 fully saturated rings. The second kappa shape index (κ2) is 12.3. The summed E-state index contributed by atoms with van der Waals surface area (Å²) in [6.07, 6.45) is 2.07. The molecule has 0 saturated heterocycles. The van der Waals surface area contributed by atoms with E-state index in [0.717, 1.165) is 0 Å². The third kappa shape index (κ3) is 7.22. The number of nitrogens with one attached hydrogen (secondary N) is 2. The maximum absolute atomic E-state index is 14.0. The first kappa shape index (κ1) is 24.6. The maximum Gasteiger partial charge on any atom is 0.329 e. The number of rotatable bonds is 9. The van der Waals surface area contributed by atoms with Crippen molar-refractivity contribution in [1.29, 1.82) is 0 Å². The molecule has 0 aliphatic rings. The molecule has 2 amide bonds. The van der Waals surface area contributed by atoms with E-state index in [1.54, 1.807) is 25.1 Å². The minimum absolute atomic E-state index is 0.0967. The van der Waals surface area contributed by atoms with Crippen molar-refractivity contribution in [2.75, 3.05) is 13.2 Å². The van der Waals surface area contributed by atoms with E-state index in [-0.39, 0.29) is 17.2 Å². The molecule has 31 heavy (non-hydrogen) atoms. The zero-order chi connectivity index (χ0) is 22.8. The fraction of sp³-hybridized carbons (Fsp3) is 0.286. The number of carbonyl (C=O) groups excluding carboxylic acids is 2. The minimum atomic E-state index is -0.865. The molecule has 0 unspecified atom stereocenters. The van der Waals surface area contributed by atoms with Crippen LogP contribution in [0.1, 0.15) is 31.4 Å². The molecule has 0 saturated carbocycles. The van der Waals surface area contributed by atoms with Gasteiger partial charge in [0.15, 0.2) is 11.5 Å². The average Bonchev–Trinajstić information content (AvgIpc) is 2.73. The molecule has 0 aliphatic carbocycles. The SMILES string of the molecule is CCCNC(=O)C(=O)N/N=C\c1cc(Br)c(OCc2c(F)cccc2Cl)c(OCC)c1. The number of amides is 2. The Morgan fingerprint density at radius 3 is 2.68 bits per heavy atom. The van der Waals surface area contributed by atoms with Gasteiger partial charge in [-0.1, -0.05) is 24.6 Å². The molecule has 0 atom stereocenters. The van der Waals surface area contributed by atoms with Gasteiger partial charge >= 0.3 is 11.8 Å². The maximum atomic E-state index is 14.0. The van der Waals surface area contributed by atoms with Gasteiger partial charge in [-0.15, -0.1) is 0 Å². The lowest BCUT2D eigenvalue weighted by Gasteiger charge is -2.15. The summed E-state index contributed by atoms with van der Waals surface area (Å²) >= 11 is 9.46. The monoisotopic (exact) mass is 513 g/mol. The van der Waals surface area contributed by atoms with E-state index in [1.807, 2.05) is 6.92 Å². The van der Waals surface area contributed by atoms with Gasteiger partial charge in [0.05, 0.1) is 22.3 Å². The smallest absolute Gasteiger partial charge is 0.329 e. The summed E-state index contributed by atoms with van der Waals surface area (Å²) in [7, 11) is 0. The number of halogens is 3. The lowest BCUT2D eigenvalue weighted by molar-refractivity contribution is -0.139. The highest BCUT2D eigenvalue weighted by Gasteiger charge is 2.15. The molecular weight excluding hydrogens is 493 g/mol. The molecule has 7 nitrogen and oxygen atoms in total. The largest absolute Gasteiger partial charge is 0.490 e. The molecule has 0 aromatic heterocycles. The number of hydrogen-bond acceptors (Lipinski definition) is 5. The van der Waals surface area contributed by atoms with Crippen molar-refractivity contribution < 1.29 is 23.5 Å². The molecule has 0 bridgehead atoms. The Bertz CT molecular complexity index is 952. The van der Waals surface area contributed by atoms with Crippen LogP contribution in [0.15, 0.2) is 39.9 Å². The van der Waals surface area contributed by atoms with Crippen LogP contribution in [0.5, 0.6) is 11.5 Å². The standard InChI is InChI=1S/C21H22BrClFN3O4/c1-3-8-25-20(28)21(29)27-26-11-13-9-15(22)19(18(10-13)30-4-2)31-12-14-16(23)6-5-7-17(14)24/h5-7,9-11H,3-4,8,12H2,1-2H3,(H,25,28)(H,27,29)/b26-11-. The van der Waals surface area contributed by atoms with Crippen LogP contribution >= 0.6 is 27.5 Å². The van der Waals surface area contributed by atoms with Gasteiger partial charge < -0.3 is 14.8 Å². The summed E-state index contributed by atoms with van der Waals surface area (Å²) in [5.41, 5.74) is 2.96. The summed E-state index contributed by atoms with van der Waals surface area (Å²) < 4.78 is 25.9. The molecule has 2 aromatic rings. The summed E-state index contributed by atoms with van der Waals surface area (Å²) in [6, 6.07) is 7.72. The molecule has 10 heteroatoms. The fourth-order valence-electron chi connectivity index (χ4n) is 2.42. The van der Waals surface area contributed by atoms with Crippen molar-refractivity contribution in [2.24, 2.45) is 5.10 Å². The van der Waals surface area contributed by atoms with Crippen LogP contribution in [-0.4, -0.2) is 31.2 Å². The molecule has 2 N–H and O–H groups in total. The number of hydrazone groups is 1. The van der Waals surface area contributed by atoms with E-state index in [0.29, 0.717) is 41.1 Å². The predicted molar refractivity (Wildman–Crippen MR) is 120 cm³/mol. The zero-order valence-corrected chi connectivity index (χ0v) is 19.3. The fourth-order valence-corrected chi connectivity index (χ4v) is 3.21. The van der Waals surface area contributed by atoms with Gasteiger partial charge in [-0.3, -0.25) is 9.59 Å². The van der Waals surface area contributed by atoms with E-state index in [9.17, 15) is 14.0 Å². The number of ether oxygens (including phenoxy) is 2. The van der Waals surface area contributed by atoms with Gasteiger partial charge in [0.2, 0.25) is 0 Å². The van der Waals surface area contributed by atoms with E-state index in [1.165, 1.54) is 18.3 Å². The molecule has 166 valence electrons. The first-order chi connectivity index (χ1) is 14.9. The van der Waals surface area contributed by atoms with E-state index >= 15 is 0 Å². The Hall–Kier alpha value is -2.65. The highest BCUT2D eigenvalue weighted by Crippen LogP contribution is 2.37. The summed E-state index contributed by atoms with van der Waals surface area (Å²) in [4.78, 5) is 23.2. The van der Waals surface area contributed by atoms with Crippen molar-refractivity contribution in [3.63, 3.8) is 0 Å². The third-order valence-corrected chi connectivity index (χ3v) is 4.82. The lowest BCUT2D eigenvalue weighted by Crippen LogP contribution is -2.38. The number of carbonyl (C=O) groups is 2. The first-order valence-corrected chi connectivity index (χ1v) is 10.7. The second-order valence-corrected chi connectivity index (χ2v) is 7.47. The molecule has 0 heterocycles. The normalized spacial score (nSPS) is 10.7.